The SMILES string of the molecule is Cn1cccc1[SeH]. The summed E-state index contributed by atoms with van der Waals surface area (Å²) in [6.45, 7) is 0. The molecule has 0 amide bonds. The fraction of sp³-hybridized carbons (Fsp3) is 0.200. The van der Waals surface area contributed by atoms with E-state index in [1.54, 1.807) is 0 Å². The summed E-state index contributed by atoms with van der Waals surface area (Å²) in [5.74, 6) is 0. The zero-order valence-electron chi connectivity index (χ0n) is 4.13. The molecule has 0 aliphatic heterocycles. The molecule has 38 valence electrons. The molecule has 1 heterocycles. The van der Waals surface area contributed by atoms with Gasteiger partial charge in [-0.25, -0.2) is 0 Å². The zero-order valence-corrected chi connectivity index (χ0v) is 6.00. The number of hydrogen-bond donors (Lipinski definition) is 0. The number of aromatic nitrogens is 1. The molecule has 0 aliphatic carbocycles. The Kier molecular flexibility index (Phi) is 1.22. The molecule has 0 fully saturated rings. The molecule has 0 bridgehead atoms. The molecule has 1 aromatic rings. The van der Waals surface area contributed by atoms with Gasteiger partial charge in [0.25, 0.3) is 0 Å². The minimum atomic E-state index is 1.24. The van der Waals surface area contributed by atoms with E-state index in [4.69, 9.17) is 0 Å². The minimum absolute atomic E-state index is 1.24. The first-order chi connectivity index (χ1) is 3.30. The van der Waals surface area contributed by atoms with Gasteiger partial charge in [-0.15, -0.1) is 0 Å². The van der Waals surface area contributed by atoms with Crippen molar-refractivity contribution in [3.05, 3.63) is 18.3 Å². The fourth-order valence-electron chi connectivity index (χ4n) is 0.452. The molecule has 7 heavy (non-hydrogen) atoms. The normalized spacial score (nSPS) is 9.43. The molecule has 0 saturated carbocycles. The zero-order chi connectivity index (χ0) is 5.28. The van der Waals surface area contributed by atoms with Crippen molar-refractivity contribution >= 4 is 20.6 Å². The van der Waals surface area contributed by atoms with Crippen molar-refractivity contribution in [1.82, 2.24) is 4.57 Å². The second-order valence-electron chi connectivity index (χ2n) is 1.48. The Labute approximate surface area is 51.2 Å². The quantitative estimate of drug-likeness (QED) is 0.453. The molecule has 1 nitrogen and oxygen atoms in total. The van der Waals surface area contributed by atoms with E-state index in [1.807, 2.05) is 19.3 Å². The molecule has 0 saturated heterocycles. The first-order valence-electron chi connectivity index (χ1n) is 2.11. The van der Waals surface area contributed by atoms with Crippen molar-refractivity contribution < 1.29 is 0 Å². The van der Waals surface area contributed by atoms with E-state index in [9.17, 15) is 0 Å². The Morgan fingerprint density at radius 2 is 2.43 bits per heavy atom. The van der Waals surface area contributed by atoms with Crippen LogP contribution >= 0.6 is 0 Å². The van der Waals surface area contributed by atoms with Crippen LogP contribution in [0.1, 0.15) is 0 Å². The van der Waals surface area contributed by atoms with E-state index in [-0.39, 0.29) is 0 Å². The maximum atomic E-state index is 2.50. The molecular weight excluding hydrogens is 153 g/mol. The predicted molar refractivity (Wildman–Crippen MR) is 32.2 cm³/mol. The van der Waals surface area contributed by atoms with Crippen molar-refractivity contribution in [2.45, 2.75) is 0 Å². The summed E-state index contributed by atoms with van der Waals surface area (Å²) in [5.41, 5.74) is 0. The van der Waals surface area contributed by atoms with Crippen molar-refractivity contribution in [2.24, 2.45) is 7.05 Å². The summed E-state index contributed by atoms with van der Waals surface area (Å²) in [6, 6.07) is 4.08. The van der Waals surface area contributed by atoms with Gasteiger partial charge in [-0.3, -0.25) is 0 Å². The number of hydrogen-bond acceptors (Lipinski definition) is 0. The molecule has 0 unspecified atom stereocenters. The molecule has 0 spiro atoms. The van der Waals surface area contributed by atoms with E-state index >= 15 is 0 Å². The average Bonchev–Trinajstić information content (AvgIpc) is 1.91. The van der Waals surface area contributed by atoms with Crippen LogP contribution in [0, 0.1) is 0 Å². The summed E-state index contributed by atoms with van der Waals surface area (Å²) in [4.78, 5) is 0. The van der Waals surface area contributed by atoms with Gasteiger partial charge in [-0.05, 0) is 0 Å². The van der Waals surface area contributed by atoms with E-state index in [2.05, 4.69) is 26.6 Å². The third kappa shape index (κ3) is 0.872. The molecule has 2 heteroatoms. The van der Waals surface area contributed by atoms with Gasteiger partial charge in [0.1, 0.15) is 0 Å². The Morgan fingerprint density at radius 3 is 2.57 bits per heavy atom. The van der Waals surface area contributed by atoms with Crippen molar-refractivity contribution in [2.75, 3.05) is 0 Å². The first-order valence-corrected chi connectivity index (χ1v) is 3.05. The Morgan fingerprint density at radius 1 is 1.71 bits per heavy atom. The summed E-state index contributed by atoms with van der Waals surface area (Å²) >= 11 is 2.50. The number of aryl methyl sites for hydroxylation is 1. The van der Waals surface area contributed by atoms with Crippen LogP contribution in [0.3, 0.4) is 0 Å². The van der Waals surface area contributed by atoms with E-state index in [1.165, 1.54) is 4.59 Å². The molecule has 0 aromatic carbocycles. The Balaban J connectivity index is 3.12. The first kappa shape index (κ1) is 4.95. The second kappa shape index (κ2) is 1.73. The number of rotatable bonds is 0. The van der Waals surface area contributed by atoms with Crippen LogP contribution in [-0.4, -0.2) is 20.6 Å². The molecule has 0 aliphatic rings. The van der Waals surface area contributed by atoms with Gasteiger partial charge in [-0.2, -0.15) is 0 Å². The number of nitrogens with zero attached hydrogens (tertiary/aromatic N) is 1. The van der Waals surface area contributed by atoms with Gasteiger partial charge < -0.3 is 0 Å². The maximum absolute atomic E-state index is 2.50. The van der Waals surface area contributed by atoms with Gasteiger partial charge >= 0.3 is 50.5 Å². The van der Waals surface area contributed by atoms with Crippen molar-refractivity contribution in [1.29, 1.82) is 0 Å². The van der Waals surface area contributed by atoms with Crippen LogP contribution in [0.15, 0.2) is 18.3 Å². The van der Waals surface area contributed by atoms with Crippen LogP contribution < -0.4 is 4.59 Å². The second-order valence-corrected chi connectivity index (χ2v) is 2.44. The van der Waals surface area contributed by atoms with Crippen LogP contribution in [0.4, 0.5) is 0 Å². The summed E-state index contributed by atoms with van der Waals surface area (Å²) in [5, 5.41) is 0. The van der Waals surface area contributed by atoms with Gasteiger partial charge in [0.05, 0.1) is 0 Å². The van der Waals surface area contributed by atoms with Crippen LogP contribution in [-0.2, 0) is 7.05 Å². The summed E-state index contributed by atoms with van der Waals surface area (Å²) < 4.78 is 3.30. The standard InChI is InChI=1S/C5H7NSe/c1-6-4-2-3-5(6)7/h2-4,7H,1H3. The van der Waals surface area contributed by atoms with E-state index < -0.39 is 0 Å². The summed E-state index contributed by atoms with van der Waals surface area (Å²) in [7, 11) is 2.02. The van der Waals surface area contributed by atoms with E-state index in [0.29, 0.717) is 0 Å². The van der Waals surface area contributed by atoms with Crippen LogP contribution in [0.25, 0.3) is 0 Å². The Bertz CT molecular complexity index is 140. The Hall–Kier alpha value is -0.201. The third-order valence-corrected chi connectivity index (χ3v) is 1.89. The predicted octanol–water partition coefficient (Wildman–Crippen LogP) is -0.449. The molecular formula is C5H7NSe. The van der Waals surface area contributed by atoms with Gasteiger partial charge in [-0.1, -0.05) is 0 Å². The van der Waals surface area contributed by atoms with Gasteiger partial charge in [0.15, 0.2) is 0 Å². The topological polar surface area (TPSA) is 4.93 Å². The van der Waals surface area contributed by atoms with Gasteiger partial charge in [0, 0.05) is 0 Å². The van der Waals surface area contributed by atoms with Gasteiger partial charge in [0.2, 0.25) is 0 Å². The van der Waals surface area contributed by atoms with Crippen LogP contribution in [0.2, 0.25) is 0 Å². The molecule has 1 rings (SSSR count). The van der Waals surface area contributed by atoms with Crippen LogP contribution in [0.5, 0.6) is 0 Å². The van der Waals surface area contributed by atoms with Crippen molar-refractivity contribution in [3.8, 4) is 0 Å². The van der Waals surface area contributed by atoms with Crippen molar-refractivity contribution in [3.63, 3.8) is 0 Å². The van der Waals surface area contributed by atoms with E-state index in [0.717, 1.165) is 0 Å². The monoisotopic (exact) mass is 161 g/mol. The molecule has 1 aromatic heterocycles. The summed E-state index contributed by atoms with van der Waals surface area (Å²) in [6.07, 6.45) is 2.02. The molecule has 0 atom stereocenters. The molecule has 0 radical (unpaired) electrons. The molecule has 0 N–H and O–H groups in total. The fourth-order valence-corrected chi connectivity index (χ4v) is 0.773. The third-order valence-electron chi connectivity index (χ3n) is 0.916. The average molecular weight is 160 g/mol.